The Morgan fingerprint density at radius 1 is 1.05 bits per heavy atom. The third-order valence-electron chi connectivity index (χ3n) is 5.46. The van der Waals surface area contributed by atoms with Crippen LogP contribution in [0.3, 0.4) is 0 Å². The van der Waals surface area contributed by atoms with E-state index in [4.69, 9.17) is 4.74 Å². The zero-order valence-electron chi connectivity index (χ0n) is 11.7. The van der Waals surface area contributed by atoms with E-state index < -0.39 is 10.0 Å². The van der Waals surface area contributed by atoms with E-state index in [0.29, 0.717) is 36.7 Å². The monoisotopic (exact) mass is 287 g/mol. The van der Waals surface area contributed by atoms with Crippen LogP contribution in [0.25, 0.3) is 0 Å². The summed E-state index contributed by atoms with van der Waals surface area (Å²) in [5.41, 5.74) is 0. The van der Waals surface area contributed by atoms with Gasteiger partial charge < -0.3 is 4.74 Å². The zero-order chi connectivity index (χ0) is 13.5. The molecule has 0 radical (unpaired) electrons. The van der Waals surface area contributed by atoms with Crippen LogP contribution in [0.15, 0.2) is 0 Å². The number of hydrogen-bond donors (Lipinski definition) is 1. The van der Waals surface area contributed by atoms with Crippen molar-refractivity contribution in [2.75, 3.05) is 26.0 Å². The fourth-order valence-corrected chi connectivity index (χ4v) is 6.48. The minimum absolute atomic E-state index is 0.339. The number of nitrogens with one attached hydrogen (secondary N) is 1. The van der Waals surface area contributed by atoms with Gasteiger partial charge in [0.15, 0.2) is 0 Å². The fraction of sp³-hybridized carbons (Fsp3) is 1.00. The highest BCUT2D eigenvalue weighted by Crippen LogP contribution is 2.56. The van der Waals surface area contributed by atoms with Crippen LogP contribution in [0.1, 0.15) is 32.1 Å². The normalized spacial score (nSPS) is 40.8. The molecule has 0 saturated heterocycles. The zero-order valence-corrected chi connectivity index (χ0v) is 12.5. The first-order valence-electron chi connectivity index (χ1n) is 7.53. The van der Waals surface area contributed by atoms with Gasteiger partial charge >= 0.3 is 0 Å². The summed E-state index contributed by atoms with van der Waals surface area (Å²) in [5, 5.41) is 0. The van der Waals surface area contributed by atoms with Gasteiger partial charge in [0.1, 0.15) is 0 Å². The van der Waals surface area contributed by atoms with Gasteiger partial charge in [-0.3, -0.25) is 0 Å². The first-order valence-corrected chi connectivity index (χ1v) is 9.19. The van der Waals surface area contributed by atoms with Crippen LogP contribution < -0.4 is 4.72 Å². The summed E-state index contributed by atoms with van der Waals surface area (Å²) in [4.78, 5) is 0. The highest BCUT2D eigenvalue weighted by Gasteiger charge is 2.49. The van der Waals surface area contributed by atoms with E-state index in [2.05, 4.69) is 4.72 Å². The number of methoxy groups -OCH3 is 1. The molecule has 1 N–H and O–H groups in total. The molecule has 0 unspecified atom stereocenters. The molecular formula is C14H25NO3S. The standard InChI is InChI=1S/C14H25NO3S/c1-18-3-2-15-19(16,17)9-14-12-5-10-4-11(7-12)8-13(14)6-10/h10-15H,2-9H2,1H3. The van der Waals surface area contributed by atoms with E-state index in [-0.39, 0.29) is 0 Å². The smallest absolute Gasteiger partial charge is 0.211 e. The molecule has 0 aromatic rings. The van der Waals surface area contributed by atoms with Crippen LogP contribution in [0.2, 0.25) is 0 Å². The summed E-state index contributed by atoms with van der Waals surface area (Å²) in [6, 6.07) is 0. The lowest BCUT2D eigenvalue weighted by Gasteiger charge is -2.54. The van der Waals surface area contributed by atoms with Crippen molar-refractivity contribution in [1.29, 1.82) is 0 Å². The van der Waals surface area contributed by atoms with E-state index in [1.54, 1.807) is 7.11 Å². The Kier molecular flexibility index (Phi) is 3.89. The molecule has 4 nitrogen and oxygen atoms in total. The molecule has 4 fully saturated rings. The van der Waals surface area contributed by atoms with E-state index in [1.165, 1.54) is 32.1 Å². The van der Waals surface area contributed by atoms with Crippen LogP contribution >= 0.6 is 0 Å². The van der Waals surface area contributed by atoms with Gasteiger partial charge in [0.2, 0.25) is 10.0 Å². The lowest BCUT2D eigenvalue weighted by atomic mass is 9.52. The van der Waals surface area contributed by atoms with E-state index in [0.717, 1.165) is 11.8 Å². The summed E-state index contributed by atoms with van der Waals surface area (Å²) >= 11 is 0. The van der Waals surface area contributed by atoms with Crippen LogP contribution in [0, 0.1) is 29.6 Å². The Balaban J connectivity index is 1.60. The second kappa shape index (κ2) is 5.34. The van der Waals surface area contributed by atoms with Crippen LogP contribution in [0.5, 0.6) is 0 Å². The Bertz CT molecular complexity index is 392. The summed E-state index contributed by atoms with van der Waals surface area (Å²) in [5.74, 6) is 3.91. The molecule has 4 aliphatic carbocycles. The quantitative estimate of drug-likeness (QED) is 0.755. The van der Waals surface area contributed by atoms with Gasteiger partial charge in [-0.1, -0.05) is 0 Å². The van der Waals surface area contributed by atoms with Crippen molar-refractivity contribution in [3.05, 3.63) is 0 Å². The van der Waals surface area contributed by atoms with Gasteiger partial charge in [0.05, 0.1) is 12.4 Å². The van der Waals surface area contributed by atoms with Crippen LogP contribution in [0.4, 0.5) is 0 Å². The Hall–Kier alpha value is -0.130. The van der Waals surface area contributed by atoms with Crippen molar-refractivity contribution in [2.45, 2.75) is 32.1 Å². The fourth-order valence-electron chi connectivity index (χ4n) is 4.92. The number of rotatable bonds is 6. The average Bonchev–Trinajstić information content (AvgIpc) is 2.33. The lowest BCUT2D eigenvalue weighted by Crippen LogP contribution is -2.48. The van der Waals surface area contributed by atoms with Crippen molar-refractivity contribution >= 4 is 10.0 Å². The van der Waals surface area contributed by atoms with E-state index in [9.17, 15) is 8.42 Å². The molecule has 0 spiro atoms. The van der Waals surface area contributed by atoms with E-state index in [1.807, 2.05) is 0 Å². The first kappa shape index (κ1) is 13.8. The summed E-state index contributed by atoms with van der Waals surface area (Å²) < 4.78 is 31.8. The van der Waals surface area contributed by atoms with Gasteiger partial charge in [-0.25, -0.2) is 13.1 Å². The maximum atomic E-state index is 12.1. The number of sulfonamides is 1. The molecular weight excluding hydrogens is 262 g/mol. The summed E-state index contributed by atoms with van der Waals surface area (Å²) in [7, 11) is -1.54. The molecule has 0 atom stereocenters. The van der Waals surface area contributed by atoms with Crippen molar-refractivity contribution in [2.24, 2.45) is 29.6 Å². The van der Waals surface area contributed by atoms with Crippen LogP contribution in [-0.2, 0) is 14.8 Å². The largest absolute Gasteiger partial charge is 0.383 e. The van der Waals surface area contributed by atoms with Crippen molar-refractivity contribution in [1.82, 2.24) is 4.72 Å². The molecule has 4 rings (SSSR count). The van der Waals surface area contributed by atoms with Gasteiger partial charge in [-0.05, 0) is 61.7 Å². The molecule has 0 amide bonds. The van der Waals surface area contributed by atoms with Gasteiger partial charge in [-0.2, -0.15) is 0 Å². The number of ether oxygens (including phenoxy) is 1. The Labute approximate surface area is 116 Å². The molecule has 110 valence electrons. The SMILES string of the molecule is COCCNS(=O)(=O)CC1C2CC3CC(C2)CC1C3. The summed E-state index contributed by atoms with van der Waals surface area (Å²) in [6.07, 6.45) is 6.55. The first-order chi connectivity index (χ1) is 9.07. The summed E-state index contributed by atoms with van der Waals surface area (Å²) in [6.45, 7) is 0.840. The number of hydrogen-bond acceptors (Lipinski definition) is 3. The van der Waals surface area contributed by atoms with Gasteiger partial charge in [0, 0.05) is 13.7 Å². The molecule has 0 heterocycles. The van der Waals surface area contributed by atoms with E-state index >= 15 is 0 Å². The van der Waals surface area contributed by atoms with Crippen molar-refractivity contribution in [3.8, 4) is 0 Å². The molecule has 19 heavy (non-hydrogen) atoms. The maximum Gasteiger partial charge on any atom is 0.211 e. The predicted molar refractivity (Wildman–Crippen MR) is 74.2 cm³/mol. The molecule has 0 aromatic carbocycles. The third kappa shape index (κ3) is 2.98. The minimum Gasteiger partial charge on any atom is -0.383 e. The predicted octanol–water partition coefficient (Wildman–Crippen LogP) is 1.62. The van der Waals surface area contributed by atoms with Crippen molar-refractivity contribution < 1.29 is 13.2 Å². The highest BCUT2D eigenvalue weighted by atomic mass is 32.2. The second-order valence-corrected chi connectivity index (χ2v) is 8.61. The molecule has 0 aliphatic heterocycles. The van der Waals surface area contributed by atoms with Gasteiger partial charge in [-0.15, -0.1) is 0 Å². The highest BCUT2D eigenvalue weighted by molar-refractivity contribution is 7.89. The molecule has 4 bridgehead atoms. The van der Waals surface area contributed by atoms with Gasteiger partial charge in [0.25, 0.3) is 0 Å². The van der Waals surface area contributed by atoms with Crippen molar-refractivity contribution in [3.63, 3.8) is 0 Å². The molecule has 4 aliphatic rings. The van der Waals surface area contributed by atoms with Crippen LogP contribution in [-0.4, -0.2) is 34.4 Å². The molecule has 4 saturated carbocycles. The topological polar surface area (TPSA) is 55.4 Å². The minimum atomic E-state index is -3.13. The second-order valence-electron chi connectivity index (χ2n) is 6.76. The average molecular weight is 287 g/mol. The lowest BCUT2D eigenvalue weighted by molar-refractivity contribution is -0.0269. The third-order valence-corrected chi connectivity index (χ3v) is 6.93. The maximum absolute atomic E-state index is 12.1. The Morgan fingerprint density at radius 2 is 1.63 bits per heavy atom. The molecule has 0 aromatic heterocycles. The molecule has 5 heteroatoms. The Morgan fingerprint density at radius 3 is 2.16 bits per heavy atom.